The second kappa shape index (κ2) is 30.4. The van der Waals surface area contributed by atoms with E-state index in [0.29, 0.717) is 29.8 Å². The lowest BCUT2D eigenvalue weighted by atomic mass is 10.0. The van der Waals surface area contributed by atoms with Crippen LogP contribution in [0.3, 0.4) is 0 Å². The molecule has 0 saturated carbocycles. The molecule has 2 heterocycles. The number of carboxylic acids is 1. The van der Waals surface area contributed by atoms with Crippen LogP contribution in [0.5, 0.6) is 0 Å². The number of nitrogens with two attached hydrogens (primary N) is 3. The molecule has 0 fully saturated rings. The number of aliphatic carboxylic acids is 1. The highest BCUT2D eigenvalue weighted by atomic mass is 32.1. The van der Waals surface area contributed by atoms with Gasteiger partial charge >= 0.3 is 5.97 Å². The number of nitrogens with zero attached hydrogens (tertiary/aromatic N) is 1. The quantitative estimate of drug-likeness (QED) is 0.0104. The number of amides is 7. The van der Waals surface area contributed by atoms with Crippen LogP contribution >= 0.6 is 25.3 Å². The zero-order valence-electron chi connectivity index (χ0n) is 41.1. The molecule has 0 aliphatic rings. The largest absolute Gasteiger partial charge is 0.480 e. The first kappa shape index (κ1) is 59.7. The van der Waals surface area contributed by atoms with E-state index in [1.807, 2.05) is 18.2 Å². The van der Waals surface area contributed by atoms with Gasteiger partial charge in [0.2, 0.25) is 41.4 Å². The first-order valence-corrected chi connectivity index (χ1v) is 25.1. The Bertz CT molecular complexity index is 2590. The number of H-pyrrole nitrogens is 2. The first-order valence-electron chi connectivity index (χ1n) is 23.8. The Morgan fingerprint density at radius 1 is 0.613 bits per heavy atom. The van der Waals surface area contributed by atoms with Crippen LogP contribution in [0.1, 0.15) is 49.4 Å². The molecule has 0 unspecified atom stereocenters. The number of guanidine groups is 2. The summed E-state index contributed by atoms with van der Waals surface area (Å²) in [5.41, 5.74) is 19.1. The molecule has 4 rings (SSSR count). The summed E-state index contributed by atoms with van der Waals surface area (Å²) in [5.74, 6) is -7.98. The van der Waals surface area contributed by atoms with Crippen LogP contribution < -0.4 is 65.1 Å². The highest BCUT2D eigenvalue weighted by molar-refractivity contribution is 7.80. The number of aromatic nitrogens is 3. The van der Waals surface area contributed by atoms with Gasteiger partial charge in [0, 0.05) is 67.2 Å². The summed E-state index contributed by atoms with van der Waals surface area (Å²) in [6, 6.07) is 5.36. The molecule has 0 spiro atoms. The summed E-state index contributed by atoms with van der Waals surface area (Å²) < 4.78 is 0. The number of rotatable bonds is 31. The van der Waals surface area contributed by atoms with Gasteiger partial charge in [0.1, 0.15) is 42.3 Å². The minimum atomic E-state index is -1.41. The highest BCUT2D eigenvalue weighted by Gasteiger charge is 2.34. The number of carbonyl (C=O) groups excluding carboxylic acids is 7. The molecule has 406 valence electrons. The van der Waals surface area contributed by atoms with Gasteiger partial charge in [-0.25, -0.2) is 9.78 Å². The van der Waals surface area contributed by atoms with Crippen molar-refractivity contribution in [3.8, 4) is 0 Å². The Morgan fingerprint density at radius 3 is 1.71 bits per heavy atom. The van der Waals surface area contributed by atoms with Gasteiger partial charge in [-0.05, 0) is 49.8 Å². The maximum absolute atomic E-state index is 14.6. The molecule has 2 aromatic carbocycles. The standard InChI is InChI=1S/C47H67N17O9S2/c1-25(58-44(71)36(22-74)63-39(66)30(48)12-7-15-54-46(49)50)38(65)60-35(19-28-21-53-24-57-28)43(70)61-33(17-26-9-3-2-4-10-26)41(68)59-32(14-8-16-55-47(51)52)40(67)62-34(42(69)64-37(23-75)45(72)73)18-27-20-56-31-13-6-5-11-29(27)31/h2-6,9-11,13,20-21,24-25,30,32-37,56,74-75H,7-8,12,14-19,22-23,48H2,1H3,(H,53,57)(H,58,71)(H,59,68)(H,60,65)(H,61,70)(H,62,67)(H,63,66)(H,64,69)(H,72,73)(H4,49,50,54)(H4,51,52,55)/t25-,30+,32+,33-,34-,35+,36+,37+/m1/s1. The normalized spacial score (nSPS) is 14.2. The van der Waals surface area contributed by atoms with E-state index in [4.69, 9.17) is 28.0 Å². The molecule has 0 aliphatic carbocycles. The Hall–Kier alpha value is -7.85. The first-order chi connectivity index (χ1) is 35.8. The van der Waals surface area contributed by atoms with Gasteiger partial charge in [0.15, 0.2) is 11.9 Å². The molecule has 0 aliphatic heterocycles. The van der Waals surface area contributed by atoms with Crippen LogP contribution in [0, 0.1) is 10.8 Å². The number of aromatic amines is 2. The van der Waals surface area contributed by atoms with E-state index in [1.54, 1.807) is 42.6 Å². The summed E-state index contributed by atoms with van der Waals surface area (Å²) in [5, 5.41) is 48.7. The van der Waals surface area contributed by atoms with E-state index < -0.39 is 95.7 Å². The number of fused-ring (bicyclic) bond motifs is 1. The average Bonchev–Trinajstić information content (AvgIpc) is 4.06. The Kier molecular flexibility index (Phi) is 24.2. The van der Waals surface area contributed by atoms with Crippen LogP contribution in [-0.4, -0.2) is 152 Å². The molecule has 8 atom stereocenters. The van der Waals surface area contributed by atoms with Gasteiger partial charge in [-0.3, -0.25) is 44.4 Å². The molecule has 0 saturated heterocycles. The number of benzene rings is 2. The third-order valence-electron chi connectivity index (χ3n) is 11.6. The van der Waals surface area contributed by atoms with Crippen molar-refractivity contribution < 1.29 is 43.5 Å². The van der Waals surface area contributed by atoms with Gasteiger partial charge in [-0.1, -0.05) is 48.5 Å². The van der Waals surface area contributed by atoms with Gasteiger partial charge in [0.05, 0.1) is 18.1 Å². The van der Waals surface area contributed by atoms with Crippen LogP contribution in [-0.2, 0) is 57.6 Å². The van der Waals surface area contributed by atoms with E-state index in [-0.39, 0.29) is 68.5 Å². The second-order valence-electron chi connectivity index (χ2n) is 17.4. The summed E-state index contributed by atoms with van der Waals surface area (Å²) in [6.07, 6.45) is 4.79. The Labute approximate surface area is 443 Å². The zero-order valence-corrected chi connectivity index (χ0v) is 42.9. The number of nitrogens with one attached hydrogen (secondary N) is 13. The minimum Gasteiger partial charge on any atom is -0.480 e. The van der Waals surface area contributed by atoms with Gasteiger partial charge in [-0.2, -0.15) is 25.3 Å². The summed E-state index contributed by atoms with van der Waals surface area (Å²) >= 11 is 8.25. The van der Waals surface area contributed by atoms with Gasteiger partial charge < -0.3 is 80.1 Å². The minimum absolute atomic E-state index is 0.0778. The molecular weight excluding hydrogens is 1010 g/mol. The maximum Gasteiger partial charge on any atom is 0.327 e. The van der Waals surface area contributed by atoms with Crippen molar-refractivity contribution in [2.24, 2.45) is 17.2 Å². The molecule has 75 heavy (non-hydrogen) atoms. The molecule has 0 radical (unpaired) electrons. The fraction of sp³-hybridized carbons (Fsp3) is 0.426. The molecule has 28 heteroatoms. The summed E-state index contributed by atoms with van der Waals surface area (Å²) in [6.45, 7) is 1.76. The van der Waals surface area contributed by atoms with Gasteiger partial charge in [-0.15, -0.1) is 0 Å². The molecule has 20 N–H and O–H groups in total. The van der Waals surface area contributed by atoms with Crippen molar-refractivity contribution in [2.75, 3.05) is 24.6 Å². The van der Waals surface area contributed by atoms with Crippen LogP contribution in [0.4, 0.5) is 0 Å². The van der Waals surface area contributed by atoms with E-state index in [0.717, 1.165) is 10.9 Å². The lowest BCUT2D eigenvalue weighted by Gasteiger charge is -2.27. The Morgan fingerprint density at radius 2 is 1.12 bits per heavy atom. The molecule has 26 nitrogen and oxygen atoms in total. The maximum atomic E-state index is 14.6. The zero-order chi connectivity index (χ0) is 55.0. The SMILES string of the molecule is C[C@@H](NC(=O)[C@H](CS)NC(=O)[C@@H](N)CCCNC(=N)N)C(=O)N[C@@H](Cc1c[nH]cn1)C(=O)N[C@H](Cc1ccccc1)C(=O)N[C@@H](CCCNC(=N)N)C(=O)N[C@H](Cc1c[nH]c2ccccc12)C(=O)N[C@@H](CS)C(=O)O. The molecule has 2 aromatic heterocycles. The third kappa shape index (κ3) is 19.8. The van der Waals surface area contributed by atoms with Crippen LogP contribution in [0.25, 0.3) is 10.9 Å². The van der Waals surface area contributed by atoms with Crippen LogP contribution in [0.2, 0.25) is 0 Å². The van der Waals surface area contributed by atoms with Crippen molar-refractivity contribution >= 4 is 95.4 Å². The topological polar surface area (TPSA) is 435 Å². The lowest BCUT2D eigenvalue weighted by Crippen LogP contribution is -2.60. The van der Waals surface area contributed by atoms with Crippen molar-refractivity contribution in [3.63, 3.8) is 0 Å². The molecule has 7 amide bonds. The number of hydrogen-bond donors (Lipinski definition) is 19. The molecule has 4 aromatic rings. The number of carboxylic acid groups (broad SMARTS) is 1. The number of para-hydroxylation sites is 1. The van der Waals surface area contributed by atoms with Gasteiger partial charge in [0.25, 0.3) is 0 Å². The van der Waals surface area contributed by atoms with E-state index in [2.05, 4.69) is 88.1 Å². The third-order valence-corrected chi connectivity index (χ3v) is 12.3. The highest BCUT2D eigenvalue weighted by Crippen LogP contribution is 2.20. The van der Waals surface area contributed by atoms with Crippen molar-refractivity contribution in [1.29, 1.82) is 10.8 Å². The monoisotopic (exact) mass is 1080 g/mol. The van der Waals surface area contributed by atoms with E-state index in [1.165, 1.54) is 19.4 Å². The second-order valence-corrected chi connectivity index (χ2v) is 18.1. The average molecular weight is 1080 g/mol. The van der Waals surface area contributed by atoms with Crippen LogP contribution in [0.15, 0.2) is 73.3 Å². The number of thiol groups is 2. The fourth-order valence-corrected chi connectivity index (χ4v) is 8.01. The van der Waals surface area contributed by atoms with Crippen molar-refractivity contribution in [3.05, 3.63) is 90.1 Å². The molecular formula is C47H67N17O9S2. The summed E-state index contributed by atoms with van der Waals surface area (Å²) in [4.78, 5) is 119. The number of hydrogen-bond acceptors (Lipinski definition) is 14. The molecule has 0 bridgehead atoms. The predicted molar refractivity (Wildman–Crippen MR) is 285 cm³/mol. The fourth-order valence-electron chi connectivity index (χ4n) is 7.51. The predicted octanol–water partition coefficient (Wildman–Crippen LogP) is -2.87. The van der Waals surface area contributed by atoms with E-state index >= 15 is 0 Å². The summed E-state index contributed by atoms with van der Waals surface area (Å²) in [7, 11) is 0. The van der Waals surface area contributed by atoms with Crippen molar-refractivity contribution in [2.45, 2.75) is 100 Å². The smallest absolute Gasteiger partial charge is 0.327 e. The number of carbonyl (C=O) groups is 8. The Balaban J connectivity index is 1.57. The lowest BCUT2D eigenvalue weighted by molar-refractivity contribution is -0.141. The van der Waals surface area contributed by atoms with Crippen molar-refractivity contribution in [1.82, 2.24) is 62.8 Å². The van der Waals surface area contributed by atoms with E-state index in [9.17, 15) is 43.5 Å². The number of imidazole rings is 1.